The molecule has 1 N–H and O–H groups in total. The fourth-order valence-electron chi connectivity index (χ4n) is 1.50. The van der Waals surface area contributed by atoms with E-state index >= 15 is 0 Å². The summed E-state index contributed by atoms with van der Waals surface area (Å²) in [5.41, 5.74) is 1.14. The topological polar surface area (TPSA) is 30.5 Å². The van der Waals surface area contributed by atoms with Crippen LogP contribution in [-0.4, -0.2) is 20.3 Å². The quantitative estimate of drug-likeness (QED) is 0.620. The number of terminal acetylenes is 1. The molecule has 0 aliphatic carbocycles. The van der Waals surface area contributed by atoms with Gasteiger partial charge in [0.05, 0.1) is 18.2 Å². The van der Waals surface area contributed by atoms with Crippen molar-refractivity contribution in [3.8, 4) is 23.8 Å². The van der Waals surface area contributed by atoms with Gasteiger partial charge in [0.15, 0.2) is 11.5 Å². The maximum Gasteiger partial charge on any atom is 0.175 e. The predicted octanol–water partition coefficient (Wildman–Crippen LogP) is 2.97. The fraction of sp³-hybridized carbons (Fsp3) is 0.429. The van der Waals surface area contributed by atoms with Crippen LogP contribution in [0.2, 0.25) is 0 Å². The molecule has 0 saturated heterocycles. The highest BCUT2D eigenvalue weighted by atomic mass is 79.9. The molecule has 0 aromatic heterocycles. The van der Waals surface area contributed by atoms with Gasteiger partial charge in [-0.25, -0.2) is 0 Å². The van der Waals surface area contributed by atoms with Crippen LogP contribution in [0.4, 0.5) is 0 Å². The van der Waals surface area contributed by atoms with Gasteiger partial charge in [0.2, 0.25) is 0 Å². The zero-order chi connectivity index (χ0) is 13.4. The summed E-state index contributed by atoms with van der Waals surface area (Å²) < 4.78 is 11.8. The highest BCUT2D eigenvalue weighted by molar-refractivity contribution is 9.10. The van der Waals surface area contributed by atoms with Crippen molar-refractivity contribution in [3.05, 3.63) is 22.2 Å². The van der Waals surface area contributed by atoms with Crippen molar-refractivity contribution in [2.75, 3.05) is 20.3 Å². The highest BCUT2D eigenvalue weighted by Crippen LogP contribution is 2.36. The lowest BCUT2D eigenvalue weighted by molar-refractivity contribution is 0.299. The zero-order valence-electron chi connectivity index (χ0n) is 10.8. The Balaban J connectivity index is 2.86. The molecule has 0 saturated carbocycles. The van der Waals surface area contributed by atoms with E-state index in [-0.39, 0.29) is 0 Å². The Morgan fingerprint density at radius 3 is 2.83 bits per heavy atom. The van der Waals surface area contributed by atoms with Crippen LogP contribution in [0.15, 0.2) is 16.6 Å². The van der Waals surface area contributed by atoms with E-state index < -0.39 is 0 Å². The first-order valence-electron chi connectivity index (χ1n) is 5.86. The molecule has 0 aliphatic rings. The van der Waals surface area contributed by atoms with E-state index in [9.17, 15) is 0 Å². The van der Waals surface area contributed by atoms with Gasteiger partial charge < -0.3 is 14.8 Å². The molecule has 1 aromatic rings. The molecule has 18 heavy (non-hydrogen) atoms. The number of nitrogens with one attached hydrogen (secondary N) is 1. The largest absolute Gasteiger partial charge is 0.493 e. The summed E-state index contributed by atoms with van der Waals surface area (Å²) >= 11 is 3.50. The molecule has 0 heterocycles. The number of ether oxygens (including phenoxy) is 2. The third-order valence-electron chi connectivity index (χ3n) is 2.36. The van der Waals surface area contributed by atoms with E-state index in [4.69, 9.17) is 15.9 Å². The maximum atomic E-state index is 5.62. The predicted molar refractivity (Wildman–Crippen MR) is 77.0 cm³/mol. The molecule has 3 nitrogen and oxygen atoms in total. The van der Waals surface area contributed by atoms with Gasteiger partial charge in [0.1, 0.15) is 0 Å². The van der Waals surface area contributed by atoms with Crippen LogP contribution in [0.25, 0.3) is 0 Å². The highest BCUT2D eigenvalue weighted by Gasteiger charge is 2.11. The molecule has 0 amide bonds. The lowest BCUT2D eigenvalue weighted by Gasteiger charge is -2.14. The zero-order valence-corrected chi connectivity index (χ0v) is 12.3. The monoisotopic (exact) mass is 311 g/mol. The Morgan fingerprint density at radius 1 is 1.44 bits per heavy atom. The van der Waals surface area contributed by atoms with Gasteiger partial charge >= 0.3 is 0 Å². The summed E-state index contributed by atoms with van der Waals surface area (Å²) in [6.45, 7) is 4.29. The minimum Gasteiger partial charge on any atom is -0.493 e. The molecule has 0 bridgehead atoms. The van der Waals surface area contributed by atoms with Crippen molar-refractivity contribution in [3.63, 3.8) is 0 Å². The van der Waals surface area contributed by atoms with Crippen molar-refractivity contribution < 1.29 is 9.47 Å². The third kappa shape index (κ3) is 4.25. The van der Waals surface area contributed by atoms with Crippen molar-refractivity contribution in [2.45, 2.75) is 19.9 Å². The van der Waals surface area contributed by atoms with Crippen molar-refractivity contribution >= 4 is 15.9 Å². The van der Waals surface area contributed by atoms with E-state index in [0.717, 1.165) is 23.1 Å². The maximum absolute atomic E-state index is 5.62. The summed E-state index contributed by atoms with van der Waals surface area (Å²) in [6, 6.07) is 4.00. The second-order valence-corrected chi connectivity index (χ2v) is 4.55. The van der Waals surface area contributed by atoms with E-state index in [1.807, 2.05) is 12.1 Å². The summed E-state index contributed by atoms with van der Waals surface area (Å²) in [5, 5.41) is 3.27. The number of halogens is 1. The van der Waals surface area contributed by atoms with E-state index in [0.29, 0.717) is 24.5 Å². The number of methoxy groups -OCH3 is 1. The lowest BCUT2D eigenvalue weighted by Crippen LogP contribution is -2.12. The van der Waals surface area contributed by atoms with Gasteiger partial charge in [-0.1, -0.05) is 6.92 Å². The molecule has 0 spiro atoms. The van der Waals surface area contributed by atoms with Crippen LogP contribution in [0.3, 0.4) is 0 Å². The molecule has 0 fully saturated rings. The molecule has 0 radical (unpaired) electrons. The molecule has 0 unspecified atom stereocenters. The smallest absolute Gasteiger partial charge is 0.175 e. The van der Waals surface area contributed by atoms with Gasteiger partial charge in [0.25, 0.3) is 0 Å². The van der Waals surface area contributed by atoms with Crippen LogP contribution >= 0.6 is 15.9 Å². The Kier molecular flexibility index (Phi) is 6.63. The van der Waals surface area contributed by atoms with Gasteiger partial charge in [0, 0.05) is 13.0 Å². The van der Waals surface area contributed by atoms with Crippen LogP contribution in [0, 0.1) is 12.3 Å². The first kappa shape index (κ1) is 14.9. The molecular weight excluding hydrogens is 294 g/mol. The van der Waals surface area contributed by atoms with Crippen molar-refractivity contribution in [2.24, 2.45) is 0 Å². The fourth-order valence-corrected chi connectivity index (χ4v) is 2.10. The summed E-state index contributed by atoms with van der Waals surface area (Å²) in [6.07, 6.45) is 5.78. The first-order valence-corrected chi connectivity index (χ1v) is 6.65. The molecular formula is C14H18BrNO2. The van der Waals surface area contributed by atoms with Crippen LogP contribution in [0.1, 0.15) is 18.9 Å². The third-order valence-corrected chi connectivity index (χ3v) is 2.95. The van der Waals surface area contributed by atoms with Crippen LogP contribution in [-0.2, 0) is 6.54 Å². The second-order valence-electron chi connectivity index (χ2n) is 3.69. The molecule has 0 atom stereocenters. The van der Waals surface area contributed by atoms with E-state index in [1.54, 1.807) is 7.11 Å². The SMILES string of the molecule is C#CCCOc1c(Br)cc(CNCC)cc1OC. The van der Waals surface area contributed by atoms with Crippen LogP contribution in [0.5, 0.6) is 11.5 Å². The van der Waals surface area contributed by atoms with E-state index in [1.165, 1.54) is 0 Å². The Morgan fingerprint density at radius 2 is 2.22 bits per heavy atom. The number of rotatable bonds is 7. The lowest BCUT2D eigenvalue weighted by atomic mass is 10.2. The molecule has 1 rings (SSSR count). The average molecular weight is 312 g/mol. The number of hydrogen-bond donors (Lipinski definition) is 1. The standard InChI is InChI=1S/C14H18BrNO2/c1-4-6-7-18-14-12(15)8-11(10-16-5-2)9-13(14)17-3/h1,8-9,16H,5-7,10H2,2-3H3. The minimum atomic E-state index is 0.484. The van der Waals surface area contributed by atoms with Gasteiger partial charge in [-0.15, -0.1) is 12.3 Å². The van der Waals surface area contributed by atoms with Crippen molar-refractivity contribution in [1.29, 1.82) is 0 Å². The Labute approximate surface area is 117 Å². The van der Waals surface area contributed by atoms with Gasteiger partial charge in [-0.2, -0.15) is 0 Å². The Bertz CT molecular complexity index is 427. The van der Waals surface area contributed by atoms with Crippen LogP contribution < -0.4 is 14.8 Å². The van der Waals surface area contributed by atoms with Gasteiger partial charge in [-0.3, -0.25) is 0 Å². The normalized spacial score (nSPS) is 9.89. The number of hydrogen-bond acceptors (Lipinski definition) is 3. The molecule has 4 heteroatoms. The summed E-state index contributed by atoms with van der Waals surface area (Å²) in [4.78, 5) is 0. The van der Waals surface area contributed by atoms with Crippen molar-refractivity contribution in [1.82, 2.24) is 5.32 Å². The second kappa shape index (κ2) is 8.02. The first-order chi connectivity index (χ1) is 8.72. The van der Waals surface area contributed by atoms with Gasteiger partial charge in [-0.05, 0) is 40.2 Å². The summed E-state index contributed by atoms with van der Waals surface area (Å²) in [5.74, 6) is 3.96. The minimum absolute atomic E-state index is 0.484. The Hall–Kier alpha value is -1.18. The molecule has 1 aromatic carbocycles. The average Bonchev–Trinajstić information content (AvgIpc) is 2.38. The number of benzene rings is 1. The molecule has 0 aliphatic heterocycles. The van der Waals surface area contributed by atoms with E-state index in [2.05, 4.69) is 34.1 Å². The molecule has 98 valence electrons. The summed E-state index contributed by atoms with van der Waals surface area (Å²) in [7, 11) is 1.63.